The van der Waals surface area contributed by atoms with Crippen LogP contribution in [0.25, 0.3) is 0 Å². The molecule has 0 aliphatic rings. The van der Waals surface area contributed by atoms with Gasteiger partial charge in [0.05, 0.1) is 17.4 Å². The Bertz CT molecular complexity index is 477. The number of hydrogen-bond donors (Lipinski definition) is 1. The molecule has 0 saturated carbocycles. The Labute approximate surface area is 103 Å². The molecular formula is C10H11BrN2O2S. The number of nitriles is 1. The number of rotatable bonds is 5. The zero-order valence-corrected chi connectivity index (χ0v) is 10.9. The first-order valence-electron chi connectivity index (χ1n) is 4.60. The molecule has 0 aliphatic heterocycles. The van der Waals surface area contributed by atoms with Crippen molar-refractivity contribution < 1.29 is 8.42 Å². The van der Waals surface area contributed by atoms with E-state index in [1.54, 1.807) is 24.3 Å². The molecule has 0 radical (unpaired) electrons. The highest BCUT2D eigenvalue weighted by molar-refractivity contribution is 9.09. The lowest BCUT2D eigenvalue weighted by Crippen LogP contribution is -2.26. The Morgan fingerprint density at radius 2 is 1.94 bits per heavy atom. The second-order valence-electron chi connectivity index (χ2n) is 3.15. The first-order valence-corrected chi connectivity index (χ1v) is 7.37. The van der Waals surface area contributed by atoms with Gasteiger partial charge in [0.2, 0.25) is 10.0 Å². The van der Waals surface area contributed by atoms with Crippen molar-refractivity contribution in [2.45, 2.75) is 5.75 Å². The summed E-state index contributed by atoms with van der Waals surface area (Å²) in [6.45, 7) is 0.374. The van der Waals surface area contributed by atoms with Crippen molar-refractivity contribution in [1.29, 1.82) is 5.26 Å². The zero-order valence-electron chi connectivity index (χ0n) is 8.48. The number of hydrogen-bond acceptors (Lipinski definition) is 3. The summed E-state index contributed by atoms with van der Waals surface area (Å²) in [5, 5.41) is 9.17. The van der Waals surface area contributed by atoms with Gasteiger partial charge in [-0.05, 0) is 17.7 Å². The van der Waals surface area contributed by atoms with Crippen molar-refractivity contribution in [3.05, 3.63) is 35.4 Å². The Balaban J connectivity index is 2.70. The van der Waals surface area contributed by atoms with Crippen molar-refractivity contribution in [2.24, 2.45) is 0 Å². The lowest BCUT2D eigenvalue weighted by atomic mass is 10.2. The Hall–Kier alpha value is -0.900. The van der Waals surface area contributed by atoms with Crippen LogP contribution in [0.15, 0.2) is 24.3 Å². The summed E-state index contributed by atoms with van der Waals surface area (Å²) in [5.41, 5.74) is 1.19. The molecule has 0 aliphatic carbocycles. The van der Waals surface area contributed by atoms with Gasteiger partial charge in [-0.25, -0.2) is 13.1 Å². The van der Waals surface area contributed by atoms with Crippen LogP contribution in [0.3, 0.4) is 0 Å². The fourth-order valence-corrected chi connectivity index (χ4v) is 2.75. The second-order valence-corrected chi connectivity index (χ2v) is 5.75. The summed E-state index contributed by atoms with van der Waals surface area (Å²) < 4.78 is 25.5. The largest absolute Gasteiger partial charge is 0.215 e. The molecule has 0 amide bonds. The van der Waals surface area contributed by atoms with Crippen LogP contribution in [-0.2, 0) is 15.8 Å². The minimum atomic E-state index is -3.28. The predicted octanol–water partition coefficient (Wildman–Crippen LogP) is 1.37. The fraction of sp³-hybridized carbons (Fsp3) is 0.300. The van der Waals surface area contributed by atoms with Crippen molar-refractivity contribution >= 4 is 26.0 Å². The van der Waals surface area contributed by atoms with Gasteiger partial charge >= 0.3 is 0 Å². The fourth-order valence-electron chi connectivity index (χ4n) is 1.14. The quantitative estimate of drug-likeness (QED) is 0.835. The molecule has 0 aromatic heterocycles. The molecule has 0 atom stereocenters. The van der Waals surface area contributed by atoms with Gasteiger partial charge < -0.3 is 0 Å². The Kier molecular flexibility index (Phi) is 4.93. The molecular weight excluding hydrogens is 292 g/mol. The molecule has 1 aromatic rings. The highest BCUT2D eigenvalue weighted by atomic mass is 79.9. The van der Waals surface area contributed by atoms with E-state index in [1.807, 2.05) is 6.07 Å². The van der Waals surface area contributed by atoms with Gasteiger partial charge in [0.25, 0.3) is 0 Å². The average molecular weight is 303 g/mol. The standard InChI is InChI=1S/C10H11BrN2O2S/c11-5-6-13-16(14,15)8-10-3-1-9(7-12)2-4-10/h1-4,13H,5-6,8H2. The van der Waals surface area contributed by atoms with E-state index in [0.29, 0.717) is 23.0 Å². The van der Waals surface area contributed by atoms with E-state index < -0.39 is 10.0 Å². The van der Waals surface area contributed by atoms with Gasteiger partial charge in [0.1, 0.15) is 0 Å². The van der Waals surface area contributed by atoms with Crippen LogP contribution in [0.4, 0.5) is 0 Å². The molecule has 4 nitrogen and oxygen atoms in total. The zero-order chi connectivity index (χ0) is 12.0. The van der Waals surface area contributed by atoms with Gasteiger partial charge in [0.15, 0.2) is 0 Å². The minimum absolute atomic E-state index is 0.0638. The monoisotopic (exact) mass is 302 g/mol. The Morgan fingerprint density at radius 3 is 2.44 bits per heavy atom. The summed E-state index contributed by atoms with van der Waals surface area (Å²) in [4.78, 5) is 0. The van der Waals surface area contributed by atoms with Crippen LogP contribution in [0.5, 0.6) is 0 Å². The van der Waals surface area contributed by atoms with Crippen LogP contribution in [0.2, 0.25) is 0 Å². The SMILES string of the molecule is N#Cc1ccc(CS(=O)(=O)NCCBr)cc1. The van der Waals surface area contributed by atoms with Crippen molar-refractivity contribution in [1.82, 2.24) is 4.72 Å². The first kappa shape index (κ1) is 13.2. The third kappa shape index (κ3) is 4.31. The van der Waals surface area contributed by atoms with E-state index in [1.165, 1.54) is 0 Å². The van der Waals surface area contributed by atoms with Gasteiger partial charge in [0, 0.05) is 11.9 Å². The van der Waals surface area contributed by atoms with Crippen molar-refractivity contribution in [3.8, 4) is 6.07 Å². The second kappa shape index (κ2) is 5.99. The van der Waals surface area contributed by atoms with Gasteiger partial charge in [-0.2, -0.15) is 5.26 Å². The summed E-state index contributed by atoms with van der Waals surface area (Å²) in [7, 11) is -3.28. The average Bonchev–Trinajstić information content (AvgIpc) is 2.27. The molecule has 0 heterocycles. The number of halogens is 1. The van der Waals surface area contributed by atoms with Crippen LogP contribution < -0.4 is 4.72 Å². The predicted molar refractivity (Wildman–Crippen MR) is 65.6 cm³/mol. The number of nitrogens with one attached hydrogen (secondary N) is 1. The van der Waals surface area contributed by atoms with Crippen LogP contribution in [0, 0.1) is 11.3 Å². The molecule has 0 fully saturated rings. The van der Waals surface area contributed by atoms with Crippen LogP contribution in [-0.4, -0.2) is 20.3 Å². The van der Waals surface area contributed by atoms with E-state index in [-0.39, 0.29) is 5.75 Å². The third-order valence-electron chi connectivity index (χ3n) is 1.86. The summed E-state index contributed by atoms with van der Waals surface area (Å²) in [6, 6.07) is 8.48. The molecule has 0 bridgehead atoms. The van der Waals surface area contributed by atoms with Crippen LogP contribution >= 0.6 is 15.9 Å². The smallest absolute Gasteiger partial charge is 0.214 e. The summed E-state index contributed by atoms with van der Waals surface area (Å²) in [6.07, 6.45) is 0. The highest BCUT2D eigenvalue weighted by Gasteiger charge is 2.10. The maximum Gasteiger partial charge on any atom is 0.215 e. The number of sulfonamides is 1. The highest BCUT2D eigenvalue weighted by Crippen LogP contribution is 2.06. The summed E-state index contributed by atoms with van der Waals surface area (Å²) in [5.74, 6) is -0.0638. The van der Waals surface area contributed by atoms with E-state index in [4.69, 9.17) is 5.26 Å². The Morgan fingerprint density at radius 1 is 1.31 bits per heavy atom. The molecule has 6 heteroatoms. The maximum absolute atomic E-state index is 11.5. The lowest BCUT2D eigenvalue weighted by Gasteiger charge is -2.04. The van der Waals surface area contributed by atoms with E-state index in [0.717, 1.165) is 0 Å². The normalized spacial score (nSPS) is 11.0. The molecule has 1 aromatic carbocycles. The summed E-state index contributed by atoms with van der Waals surface area (Å²) >= 11 is 3.14. The topological polar surface area (TPSA) is 70.0 Å². The molecule has 86 valence electrons. The molecule has 16 heavy (non-hydrogen) atoms. The molecule has 0 spiro atoms. The van der Waals surface area contributed by atoms with E-state index in [2.05, 4.69) is 20.7 Å². The van der Waals surface area contributed by atoms with Crippen LogP contribution in [0.1, 0.15) is 11.1 Å². The minimum Gasteiger partial charge on any atom is -0.214 e. The van der Waals surface area contributed by atoms with E-state index >= 15 is 0 Å². The molecule has 0 saturated heterocycles. The number of benzene rings is 1. The van der Waals surface area contributed by atoms with Crippen molar-refractivity contribution in [3.63, 3.8) is 0 Å². The van der Waals surface area contributed by atoms with Crippen molar-refractivity contribution in [2.75, 3.05) is 11.9 Å². The first-order chi connectivity index (χ1) is 7.57. The number of nitrogens with zero attached hydrogens (tertiary/aromatic N) is 1. The molecule has 0 unspecified atom stereocenters. The number of alkyl halides is 1. The third-order valence-corrected chi connectivity index (χ3v) is 3.61. The van der Waals surface area contributed by atoms with E-state index in [9.17, 15) is 8.42 Å². The van der Waals surface area contributed by atoms with Gasteiger partial charge in [-0.3, -0.25) is 0 Å². The van der Waals surface area contributed by atoms with Gasteiger partial charge in [-0.1, -0.05) is 28.1 Å². The molecule has 1 N–H and O–H groups in total. The van der Waals surface area contributed by atoms with Gasteiger partial charge in [-0.15, -0.1) is 0 Å². The molecule has 1 rings (SSSR count). The lowest BCUT2D eigenvalue weighted by molar-refractivity contribution is 0.583. The maximum atomic E-state index is 11.5.